The van der Waals surface area contributed by atoms with Crippen molar-refractivity contribution in [3.05, 3.63) is 27.7 Å². The third-order valence-electron chi connectivity index (χ3n) is 1.90. The first kappa shape index (κ1) is 12.5. The Kier molecular flexibility index (Phi) is 4.32. The van der Waals surface area contributed by atoms with Gasteiger partial charge < -0.3 is 9.47 Å². The number of methoxy groups -OCH3 is 1. The third-order valence-corrected chi connectivity index (χ3v) is 2.56. The minimum atomic E-state index is -0.464. The molecule has 0 fully saturated rings. The topological polar surface area (TPSA) is 59.3 Å². The number of rotatable bonds is 3. The van der Waals surface area contributed by atoms with Gasteiger partial charge in [0.05, 0.1) is 24.8 Å². The van der Waals surface area contributed by atoms with Crippen molar-refractivity contribution in [2.24, 2.45) is 0 Å². The maximum atomic E-state index is 11.5. The van der Waals surface area contributed by atoms with Crippen LogP contribution in [0.5, 0.6) is 5.75 Å². The average Bonchev–Trinajstić information content (AvgIpc) is 2.28. The molecule has 5 heteroatoms. The molecule has 4 nitrogen and oxygen atoms in total. The van der Waals surface area contributed by atoms with E-state index in [2.05, 4.69) is 15.9 Å². The van der Waals surface area contributed by atoms with Gasteiger partial charge in [-0.3, -0.25) is 0 Å². The first-order valence-corrected chi connectivity index (χ1v) is 5.38. The summed E-state index contributed by atoms with van der Waals surface area (Å²) in [7, 11) is 1.46. The average molecular weight is 284 g/mol. The summed E-state index contributed by atoms with van der Waals surface area (Å²) in [5, 5.41) is 8.88. The number of esters is 1. The van der Waals surface area contributed by atoms with Crippen LogP contribution >= 0.6 is 15.9 Å². The van der Waals surface area contributed by atoms with Crippen LogP contribution in [-0.2, 0) is 4.74 Å². The SMILES string of the molecule is CCOC(=O)c1cc(C#N)c(OC)cc1Br. The Morgan fingerprint density at radius 1 is 1.56 bits per heavy atom. The molecule has 0 spiro atoms. The largest absolute Gasteiger partial charge is 0.495 e. The van der Waals surface area contributed by atoms with Crippen molar-refractivity contribution in [2.75, 3.05) is 13.7 Å². The highest BCUT2D eigenvalue weighted by atomic mass is 79.9. The molecule has 0 aliphatic heterocycles. The van der Waals surface area contributed by atoms with Crippen molar-refractivity contribution in [1.29, 1.82) is 5.26 Å². The van der Waals surface area contributed by atoms with Crippen molar-refractivity contribution in [1.82, 2.24) is 0 Å². The molecule has 1 aromatic rings. The Labute approximate surface area is 102 Å². The smallest absolute Gasteiger partial charge is 0.339 e. The molecule has 0 N–H and O–H groups in total. The van der Waals surface area contributed by atoms with Crippen LogP contribution in [0.1, 0.15) is 22.8 Å². The van der Waals surface area contributed by atoms with E-state index in [1.807, 2.05) is 6.07 Å². The number of hydrogen-bond acceptors (Lipinski definition) is 4. The summed E-state index contributed by atoms with van der Waals surface area (Å²) in [5.74, 6) is -0.0454. The number of ether oxygens (including phenoxy) is 2. The van der Waals surface area contributed by atoms with Crippen molar-refractivity contribution >= 4 is 21.9 Å². The van der Waals surface area contributed by atoms with E-state index in [4.69, 9.17) is 14.7 Å². The third kappa shape index (κ3) is 2.52. The lowest BCUT2D eigenvalue weighted by molar-refractivity contribution is 0.0525. The van der Waals surface area contributed by atoms with E-state index >= 15 is 0 Å². The van der Waals surface area contributed by atoms with Crippen molar-refractivity contribution in [2.45, 2.75) is 6.92 Å². The van der Waals surface area contributed by atoms with Crippen molar-refractivity contribution < 1.29 is 14.3 Å². The summed E-state index contributed by atoms with van der Waals surface area (Å²) in [4.78, 5) is 11.5. The zero-order valence-corrected chi connectivity index (χ0v) is 10.5. The summed E-state index contributed by atoms with van der Waals surface area (Å²) < 4.78 is 10.4. The van der Waals surface area contributed by atoms with Gasteiger partial charge in [-0.25, -0.2) is 4.79 Å². The van der Waals surface area contributed by atoms with Crippen LogP contribution in [0.25, 0.3) is 0 Å². The Balaban J connectivity index is 3.22. The zero-order valence-electron chi connectivity index (χ0n) is 8.91. The fourth-order valence-corrected chi connectivity index (χ4v) is 1.66. The molecular formula is C11H10BrNO3. The molecule has 0 radical (unpaired) electrons. The Morgan fingerprint density at radius 3 is 2.75 bits per heavy atom. The minimum absolute atomic E-state index is 0.291. The Hall–Kier alpha value is -1.54. The van der Waals surface area contributed by atoms with Crippen LogP contribution < -0.4 is 4.74 Å². The van der Waals surface area contributed by atoms with Crippen LogP contribution in [0.3, 0.4) is 0 Å². The molecule has 0 unspecified atom stereocenters. The molecule has 0 saturated carbocycles. The van der Waals surface area contributed by atoms with E-state index in [1.54, 1.807) is 13.0 Å². The van der Waals surface area contributed by atoms with Crippen LogP contribution in [0, 0.1) is 11.3 Å². The second-order valence-corrected chi connectivity index (χ2v) is 3.72. The number of carbonyl (C=O) groups is 1. The van der Waals surface area contributed by atoms with Gasteiger partial charge in [0.2, 0.25) is 0 Å². The van der Waals surface area contributed by atoms with Crippen LogP contribution in [0.2, 0.25) is 0 Å². The quantitative estimate of drug-likeness (QED) is 0.800. The van der Waals surface area contributed by atoms with Crippen LogP contribution in [-0.4, -0.2) is 19.7 Å². The van der Waals surface area contributed by atoms with Gasteiger partial charge in [-0.2, -0.15) is 5.26 Å². The lowest BCUT2D eigenvalue weighted by atomic mass is 10.1. The lowest BCUT2D eigenvalue weighted by Crippen LogP contribution is -2.06. The van der Waals surface area contributed by atoms with Gasteiger partial charge in [0.15, 0.2) is 0 Å². The van der Waals surface area contributed by atoms with Gasteiger partial charge in [0.25, 0.3) is 0 Å². The number of nitriles is 1. The second kappa shape index (κ2) is 5.52. The van der Waals surface area contributed by atoms with Gasteiger partial charge in [0.1, 0.15) is 11.8 Å². The highest BCUT2D eigenvalue weighted by molar-refractivity contribution is 9.10. The molecule has 0 heterocycles. The Bertz CT molecular complexity index is 451. The van der Waals surface area contributed by atoms with E-state index in [1.165, 1.54) is 13.2 Å². The highest BCUT2D eigenvalue weighted by Crippen LogP contribution is 2.27. The molecule has 0 aromatic heterocycles. The Morgan fingerprint density at radius 2 is 2.25 bits per heavy atom. The molecule has 0 bridgehead atoms. The monoisotopic (exact) mass is 283 g/mol. The summed E-state index contributed by atoms with van der Waals surface area (Å²) in [6.07, 6.45) is 0. The van der Waals surface area contributed by atoms with Gasteiger partial charge in [-0.1, -0.05) is 0 Å². The number of benzene rings is 1. The van der Waals surface area contributed by atoms with Gasteiger partial charge >= 0.3 is 5.97 Å². The summed E-state index contributed by atoms with van der Waals surface area (Å²) in [6, 6.07) is 4.98. The van der Waals surface area contributed by atoms with E-state index in [9.17, 15) is 4.79 Å². The number of nitrogens with zero attached hydrogens (tertiary/aromatic N) is 1. The van der Waals surface area contributed by atoms with Gasteiger partial charge in [-0.15, -0.1) is 0 Å². The predicted molar refractivity (Wildman–Crippen MR) is 61.4 cm³/mol. The molecule has 84 valence electrons. The van der Waals surface area contributed by atoms with Gasteiger partial charge in [-0.05, 0) is 35.0 Å². The maximum Gasteiger partial charge on any atom is 0.339 e. The molecule has 0 saturated heterocycles. The summed E-state index contributed by atoms with van der Waals surface area (Å²) in [5.41, 5.74) is 0.618. The number of halogens is 1. The fraction of sp³-hybridized carbons (Fsp3) is 0.273. The van der Waals surface area contributed by atoms with E-state index < -0.39 is 5.97 Å². The number of hydrogen-bond donors (Lipinski definition) is 0. The predicted octanol–water partition coefficient (Wildman–Crippen LogP) is 2.51. The summed E-state index contributed by atoms with van der Waals surface area (Å²) in [6.45, 7) is 2.01. The van der Waals surface area contributed by atoms with Crippen LogP contribution in [0.4, 0.5) is 0 Å². The first-order chi connectivity index (χ1) is 7.63. The molecular weight excluding hydrogens is 274 g/mol. The lowest BCUT2D eigenvalue weighted by Gasteiger charge is -2.08. The normalized spacial score (nSPS) is 9.38. The van der Waals surface area contributed by atoms with Crippen LogP contribution in [0.15, 0.2) is 16.6 Å². The molecule has 0 amide bonds. The number of carbonyl (C=O) groups excluding carboxylic acids is 1. The minimum Gasteiger partial charge on any atom is -0.495 e. The van der Waals surface area contributed by atoms with E-state index in [0.717, 1.165) is 0 Å². The fourth-order valence-electron chi connectivity index (χ4n) is 1.18. The summed E-state index contributed by atoms with van der Waals surface area (Å²) >= 11 is 3.23. The van der Waals surface area contributed by atoms with Gasteiger partial charge in [0, 0.05) is 4.47 Å². The maximum absolute atomic E-state index is 11.5. The first-order valence-electron chi connectivity index (χ1n) is 4.58. The molecule has 1 aromatic carbocycles. The molecule has 0 aliphatic rings. The second-order valence-electron chi connectivity index (χ2n) is 2.86. The standard InChI is InChI=1S/C11H10BrNO3/c1-3-16-11(14)8-4-7(6-13)10(15-2)5-9(8)12/h4-5H,3H2,1-2H3. The highest BCUT2D eigenvalue weighted by Gasteiger charge is 2.15. The van der Waals surface area contributed by atoms with Crippen molar-refractivity contribution in [3.8, 4) is 11.8 Å². The van der Waals surface area contributed by atoms with E-state index in [0.29, 0.717) is 28.0 Å². The molecule has 0 aliphatic carbocycles. The molecule has 1 rings (SSSR count). The molecule has 16 heavy (non-hydrogen) atoms. The zero-order chi connectivity index (χ0) is 12.1. The van der Waals surface area contributed by atoms with Crippen molar-refractivity contribution in [3.63, 3.8) is 0 Å². The van der Waals surface area contributed by atoms with E-state index in [-0.39, 0.29) is 0 Å². The molecule has 0 atom stereocenters.